The average molecular weight is 243 g/mol. The van der Waals surface area contributed by atoms with Crippen molar-refractivity contribution in [3.63, 3.8) is 0 Å². The number of aromatic amines is 1. The summed E-state index contributed by atoms with van der Waals surface area (Å²) in [4.78, 5) is 19.1. The normalized spacial score (nSPS) is 14.1. The minimum absolute atomic E-state index is 0.0143. The molecule has 1 unspecified atom stereocenters. The number of sulfone groups is 1. The highest BCUT2D eigenvalue weighted by atomic mass is 32.2. The lowest BCUT2D eigenvalue weighted by atomic mass is 10.4. The second-order valence-corrected chi connectivity index (χ2v) is 5.46. The zero-order valence-electron chi connectivity index (χ0n) is 8.28. The molecule has 2 rings (SSSR count). The van der Waals surface area contributed by atoms with E-state index in [0.717, 1.165) is 16.8 Å². The maximum atomic E-state index is 11.5. The Morgan fingerprint density at radius 2 is 2.25 bits per heavy atom. The largest absolute Gasteiger partial charge is 0.310 e. The van der Waals surface area contributed by atoms with Gasteiger partial charge in [0.1, 0.15) is 6.33 Å². The van der Waals surface area contributed by atoms with Gasteiger partial charge in [0.25, 0.3) is 11.3 Å². The van der Waals surface area contributed by atoms with Crippen LogP contribution in [0.5, 0.6) is 0 Å². The molecule has 2 aromatic heterocycles. The van der Waals surface area contributed by atoms with E-state index >= 15 is 0 Å². The van der Waals surface area contributed by atoms with Gasteiger partial charge in [-0.15, -0.1) is 0 Å². The van der Waals surface area contributed by atoms with Gasteiger partial charge in [-0.1, -0.05) is 0 Å². The van der Waals surface area contributed by atoms with Crippen molar-refractivity contribution in [2.45, 2.75) is 5.37 Å². The third kappa shape index (κ3) is 1.70. The molecule has 9 heteroatoms. The number of hydrogen-bond donors (Lipinski definition) is 2. The predicted molar refractivity (Wildman–Crippen MR) is 55.4 cm³/mol. The molecule has 2 aromatic rings. The topological polar surface area (TPSA) is 123 Å². The third-order valence-electron chi connectivity index (χ3n) is 2.04. The van der Waals surface area contributed by atoms with Crippen LogP contribution in [0.4, 0.5) is 0 Å². The summed E-state index contributed by atoms with van der Waals surface area (Å²) in [5, 5.41) is 1.22. The Hall–Kier alpha value is -1.74. The highest BCUT2D eigenvalue weighted by Crippen LogP contribution is 2.11. The Balaban J connectivity index is 2.67. The van der Waals surface area contributed by atoms with Crippen LogP contribution in [-0.2, 0) is 9.84 Å². The standard InChI is InChI=1S/C7H9N5O3S/c1-16(14,15)6(8)4-2-5(13)12-7(11-4)9-3-10-12/h2-3,6H,8H2,1H3,(H,9,10,11). The van der Waals surface area contributed by atoms with E-state index in [2.05, 4.69) is 15.1 Å². The molecule has 0 aliphatic heterocycles. The summed E-state index contributed by atoms with van der Waals surface area (Å²) in [5.74, 6) is 0.0848. The molecule has 2 heterocycles. The summed E-state index contributed by atoms with van der Waals surface area (Å²) in [6.45, 7) is 0. The molecule has 0 amide bonds. The van der Waals surface area contributed by atoms with Crippen molar-refractivity contribution < 1.29 is 8.42 Å². The second-order valence-electron chi connectivity index (χ2n) is 3.29. The van der Waals surface area contributed by atoms with Crippen LogP contribution in [-0.4, -0.2) is 34.3 Å². The van der Waals surface area contributed by atoms with Crippen molar-refractivity contribution >= 4 is 15.6 Å². The van der Waals surface area contributed by atoms with Crippen molar-refractivity contribution in [1.29, 1.82) is 0 Å². The van der Waals surface area contributed by atoms with Gasteiger partial charge in [0.15, 0.2) is 15.2 Å². The van der Waals surface area contributed by atoms with E-state index in [-0.39, 0.29) is 11.5 Å². The quantitative estimate of drug-likeness (QED) is 0.656. The number of nitrogens with zero attached hydrogens (tertiary/aromatic N) is 3. The van der Waals surface area contributed by atoms with Crippen molar-refractivity contribution in [3.05, 3.63) is 28.4 Å². The molecule has 3 N–H and O–H groups in total. The Morgan fingerprint density at radius 1 is 1.56 bits per heavy atom. The number of fused-ring (bicyclic) bond motifs is 1. The van der Waals surface area contributed by atoms with Crippen LogP contribution in [0.3, 0.4) is 0 Å². The van der Waals surface area contributed by atoms with Gasteiger partial charge in [0.05, 0.1) is 5.69 Å². The molecular weight excluding hydrogens is 234 g/mol. The highest BCUT2D eigenvalue weighted by molar-refractivity contribution is 7.90. The smallest absolute Gasteiger partial charge is 0.274 e. The van der Waals surface area contributed by atoms with E-state index in [4.69, 9.17) is 5.73 Å². The molecule has 0 saturated carbocycles. The van der Waals surface area contributed by atoms with Crippen molar-refractivity contribution in [2.75, 3.05) is 6.26 Å². The molecular formula is C7H9N5O3S. The summed E-state index contributed by atoms with van der Waals surface area (Å²) >= 11 is 0. The van der Waals surface area contributed by atoms with Crippen molar-refractivity contribution in [1.82, 2.24) is 19.6 Å². The Labute approximate surface area is 90.0 Å². The number of hydrogen-bond acceptors (Lipinski definition) is 6. The van der Waals surface area contributed by atoms with Gasteiger partial charge in [-0.2, -0.15) is 4.52 Å². The monoisotopic (exact) mass is 243 g/mol. The average Bonchev–Trinajstić information content (AvgIpc) is 2.63. The van der Waals surface area contributed by atoms with E-state index in [1.54, 1.807) is 0 Å². The van der Waals surface area contributed by atoms with Crippen LogP contribution in [0.15, 0.2) is 17.2 Å². The lowest BCUT2D eigenvalue weighted by Gasteiger charge is -2.07. The van der Waals surface area contributed by atoms with Gasteiger partial charge < -0.3 is 5.73 Å². The highest BCUT2D eigenvalue weighted by Gasteiger charge is 2.20. The summed E-state index contributed by atoms with van der Waals surface area (Å²) in [5.41, 5.74) is 4.99. The van der Waals surface area contributed by atoms with Gasteiger partial charge >= 0.3 is 0 Å². The minimum atomic E-state index is -3.50. The van der Waals surface area contributed by atoms with Gasteiger partial charge in [-0.3, -0.25) is 9.89 Å². The Kier molecular flexibility index (Phi) is 2.28. The molecule has 0 spiro atoms. The zero-order chi connectivity index (χ0) is 11.9. The van der Waals surface area contributed by atoms with Crippen LogP contribution in [0.2, 0.25) is 0 Å². The fourth-order valence-electron chi connectivity index (χ4n) is 1.20. The van der Waals surface area contributed by atoms with E-state index in [1.807, 2.05) is 0 Å². The molecule has 0 radical (unpaired) electrons. The molecule has 86 valence electrons. The summed E-state index contributed by atoms with van der Waals surface area (Å²) in [7, 11) is -3.50. The van der Waals surface area contributed by atoms with Crippen LogP contribution < -0.4 is 11.3 Å². The number of rotatable bonds is 2. The lowest BCUT2D eigenvalue weighted by molar-refractivity contribution is 0.588. The first-order valence-corrected chi connectivity index (χ1v) is 6.22. The summed E-state index contributed by atoms with van der Waals surface area (Å²) < 4.78 is 23.5. The maximum absolute atomic E-state index is 11.5. The summed E-state index contributed by atoms with van der Waals surface area (Å²) in [6, 6.07) is 1.07. The predicted octanol–water partition coefficient (Wildman–Crippen LogP) is -1.58. The van der Waals surface area contributed by atoms with E-state index in [9.17, 15) is 13.2 Å². The first-order valence-electron chi connectivity index (χ1n) is 4.27. The van der Waals surface area contributed by atoms with E-state index < -0.39 is 20.8 Å². The zero-order valence-corrected chi connectivity index (χ0v) is 9.10. The number of aromatic nitrogens is 4. The first-order chi connectivity index (χ1) is 7.39. The fourth-order valence-corrected chi connectivity index (χ4v) is 1.76. The molecule has 8 nitrogen and oxygen atoms in total. The van der Waals surface area contributed by atoms with Crippen LogP contribution in [0.25, 0.3) is 5.78 Å². The van der Waals surface area contributed by atoms with Crippen LogP contribution in [0.1, 0.15) is 11.1 Å². The van der Waals surface area contributed by atoms with Gasteiger partial charge in [-0.25, -0.2) is 18.4 Å². The molecule has 0 saturated heterocycles. The molecule has 0 aromatic carbocycles. The molecule has 0 aliphatic rings. The molecule has 1 atom stereocenters. The van der Waals surface area contributed by atoms with Gasteiger partial charge in [-0.05, 0) is 0 Å². The number of nitrogens with two attached hydrogens (primary N) is 1. The minimum Gasteiger partial charge on any atom is -0.310 e. The SMILES string of the molecule is CS(=O)(=O)C(N)c1cc(=O)n2[nH]cnc2n1. The third-order valence-corrected chi connectivity index (χ3v) is 3.20. The van der Waals surface area contributed by atoms with Crippen LogP contribution in [0, 0.1) is 0 Å². The molecule has 0 bridgehead atoms. The Bertz CT molecular complexity index is 685. The van der Waals surface area contributed by atoms with E-state index in [1.165, 1.54) is 6.33 Å². The molecule has 16 heavy (non-hydrogen) atoms. The summed E-state index contributed by atoms with van der Waals surface area (Å²) in [6.07, 6.45) is 2.26. The van der Waals surface area contributed by atoms with Gasteiger partial charge in [0, 0.05) is 12.3 Å². The molecule has 0 fully saturated rings. The van der Waals surface area contributed by atoms with Crippen molar-refractivity contribution in [2.24, 2.45) is 5.73 Å². The number of nitrogens with one attached hydrogen (secondary N) is 1. The number of H-pyrrole nitrogens is 1. The van der Waals surface area contributed by atoms with Gasteiger partial charge in [0.2, 0.25) is 0 Å². The van der Waals surface area contributed by atoms with Crippen LogP contribution >= 0.6 is 0 Å². The molecule has 0 aliphatic carbocycles. The fraction of sp³-hybridized carbons (Fsp3) is 0.286. The maximum Gasteiger partial charge on any atom is 0.274 e. The van der Waals surface area contributed by atoms with Crippen molar-refractivity contribution in [3.8, 4) is 0 Å². The van der Waals surface area contributed by atoms with E-state index in [0.29, 0.717) is 0 Å². The second kappa shape index (κ2) is 3.39. The lowest BCUT2D eigenvalue weighted by Crippen LogP contribution is -2.25. The Morgan fingerprint density at radius 3 is 2.88 bits per heavy atom. The first kappa shape index (κ1) is 10.8.